The van der Waals surface area contributed by atoms with Crippen LogP contribution in [-0.2, 0) is 11.3 Å². The van der Waals surface area contributed by atoms with E-state index in [4.69, 9.17) is 0 Å². The number of piperidine rings is 1. The van der Waals surface area contributed by atoms with E-state index in [0.717, 1.165) is 42.4 Å². The molecule has 3 rings (SSSR count). The van der Waals surface area contributed by atoms with Crippen molar-refractivity contribution in [2.45, 2.75) is 49.5 Å². The van der Waals surface area contributed by atoms with Crippen molar-refractivity contribution < 1.29 is 4.79 Å². The maximum atomic E-state index is 12.6. The van der Waals surface area contributed by atoms with Gasteiger partial charge in [0.25, 0.3) is 0 Å². The molecule has 2 aromatic heterocycles. The second-order valence-electron chi connectivity index (χ2n) is 5.84. The van der Waals surface area contributed by atoms with Crippen molar-refractivity contribution in [3.05, 3.63) is 29.5 Å². The molecule has 0 aromatic carbocycles. The average Bonchev–Trinajstić information content (AvgIpc) is 3.22. The minimum absolute atomic E-state index is 0.244. The van der Waals surface area contributed by atoms with E-state index in [1.165, 1.54) is 6.42 Å². The highest BCUT2D eigenvalue weighted by Crippen LogP contribution is 2.25. The van der Waals surface area contributed by atoms with E-state index in [9.17, 15) is 4.79 Å². The molecular weight excluding hydrogens is 328 g/mol. The minimum Gasteiger partial charge on any atom is -0.339 e. The lowest BCUT2D eigenvalue weighted by atomic mass is 9.99. The molecule has 1 fully saturated rings. The van der Waals surface area contributed by atoms with Crippen LogP contribution >= 0.6 is 23.1 Å². The number of thioether (sulfide) groups is 1. The van der Waals surface area contributed by atoms with Crippen molar-refractivity contribution >= 4 is 29.0 Å². The van der Waals surface area contributed by atoms with Crippen LogP contribution in [0.2, 0.25) is 0 Å². The molecule has 7 heteroatoms. The van der Waals surface area contributed by atoms with Crippen LogP contribution in [0.25, 0.3) is 0 Å². The molecule has 0 aliphatic carbocycles. The summed E-state index contributed by atoms with van der Waals surface area (Å²) in [6.45, 7) is 3.75. The number of likely N-dealkylation sites (tertiary alicyclic amines) is 1. The van der Waals surface area contributed by atoms with Gasteiger partial charge < -0.3 is 4.90 Å². The Bertz CT molecular complexity index is 626. The number of rotatable bonds is 6. The van der Waals surface area contributed by atoms with Crippen LogP contribution in [0.5, 0.6) is 0 Å². The van der Waals surface area contributed by atoms with Crippen molar-refractivity contribution in [1.29, 1.82) is 0 Å². The van der Waals surface area contributed by atoms with Crippen molar-refractivity contribution in [3.63, 3.8) is 0 Å². The molecule has 0 N–H and O–H groups in total. The quantitative estimate of drug-likeness (QED) is 0.751. The number of hydrogen-bond donors (Lipinski definition) is 0. The molecule has 124 valence electrons. The largest absolute Gasteiger partial charge is 0.339 e. The van der Waals surface area contributed by atoms with Crippen molar-refractivity contribution in [1.82, 2.24) is 19.7 Å². The number of aryl methyl sites for hydroxylation is 2. The van der Waals surface area contributed by atoms with Gasteiger partial charge in [0.05, 0.1) is 5.75 Å². The van der Waals surface area contributed by atoms with E-state index in [1.54, 1.807) is 29.3 Å². The Labute approximate surface area is 145 Å². The summed E-state index contributed by atoms with van der Waals surface area (Å²) in [5.41, 5.74) is 1.03. The van der Waals surface area contributed by atoms with Crippen LogP contribution in [0.15, 0.2) is 28.2 Å². The van der Waals surface area contributed by atoms with Crippen molar-refractivity contribution in [3.8, 4) is 0 Å². The van der Waals surface area contributed by atoms with Gasteiger partial charge in [-0.05, 0) is 38.7 Å². The molecule has 1 amide bonds. The van der Waals surface area contributed by atoms with Gasteiger partial charge in [-0.15, -0.1) is 11.3 Å². The Morgan fingerprint density at radius 1 is 1.48 bits per heavy atom. The molecular formula is C16H22N4OS2. The highest BCUT2D eigenvalue weighted by Gasteiger charge is 2.26. The van der Waals surface area contributed by atoms with Crippen molar-refractivity contribution in [2.24, 2.45) is 0 Å². The first-order valence-corrected chi connectivity index (χ1v) is 9.91. The fraction of sp³-hybridized carbons (Fsp3) is 0.562. The molecule has 0 unspecified atom stereocenters. The zero-order chi connectivity index (χ0) is 16.1. The van der Waals surface area contributed by atoms with Gasteiger partial charge >= 0.3 is 0 Å². The van der Waals surface area contributed by atoms with E-state index in [-0.39, 0.29) is 5.91 Å². The van der Waals surface area contributed by atoms with Crippen LogP contribution in [0.3, 0.4) is 0 Å². The lowest BCUT2D eigenvalue weighted by Gasteiger charge is -2.35. The lowest BCUT2D eigenvalue weighted by molar-refractivity contribution is -0.132. The molecule has 23 heavy (non-hydrogen) atoms. The van der Waals surface area contributed by atoms with E-state index in [2.05, 4.69) is 15.0 Å². The van der Waals surface area contributed by atoms with Gasteiger partial charge in [0.1, 0.15) is 0 Å². The number of carbonyl (C=O) groups is 1. The molecule has 1 saturated heterocycles. The van der Waals surface area contributed by atoms with Gasteiger partial charge in [-0.1, -0.05) is 11.8 Å². The summed E-state index contributed by atoms with van der Waals surface area (Å²) in [6.07, 6.45) is 8.20. The average molecular weight is 351 g/mol. The van der Waals surface area contributed by atoms with Gasteiger partial charge in [0.15, 0.2) is 4.34 Å². The summed E-state index contributed by atoms with van der Waals surface area (Å²) in [4.78, 5) is 19.1. The Morgan fingerprint density at radius 3 is 3.13 bits per heavy atom. The summed E-state index contributed by atoms with van der Waals surface area (Å²) in [6, 6.07) is 2.29. The van der Waals surface area contributed by atoms with E-state index in [1.807, 2.05) is 29.2 Å². The molecule has 1 aliphatic heterocycles. The van der Waals surface area contributed by atoms with Gasteiger partial charge in [-0.25, -0.2) is 4.98 Å². The zero-order valence-corrected chi connectivity index (χ0v) is 15.0. The summed E-state index contributed by atoms with van der Waals surface area (Å²) < 4.78 is 2.94. The number of hydrogen-bond acceptors (Lipinski definition) is 5. The Kier molecular flexibility index (Phi) is 5.72. The normalized spacial score (nSPS) is 18.3. The lowest BCUT2D eigenvalue weighted by Crippen LogP contribution is -2.45. The number of thiazole rings is 1. The van der Waals surface area contributed by atoms with Gasteiger partial charge in [-0.3, -0.25) is 9.48 Å². The molecule has 2 aromatic rings. The molecule has 5 nitrogen and oxygen atoms in total. The van der Waals surface area contributed by atoms with Crippen LogP contribution in [-0.4, -0.2) is 43.9 Å². The Hall–Kier alpha value is -1.34. The highest BCUT2D eigenvalue weighted by atomic mass is 32.2. The predicted molar refractivity (Wildman–Crippen MR) is 93.8 cm³/mol. The van der Waals surface area contributed by atoms with Crippen molar-refractivity contribution in [2.75, 3.05) is 12.3 Å². The maximum absolute atomic E-state index is 12.6. The molecule has 0 spiro atoms. The van der Waals surface area contributed by atoms with Crippen LogP contribution in [0.1, 0.15) is 31.4 Å². The zero-order valence-electron chi connectivity index (χ0n) is 13.4. The number of nitrogens with zero attached hydrogens (tertiary/aromatic N) is 4. The van der Waals surface area contributed by atoms with Crippen LogP contribution < -0.4 is 0 Å². The number of aromatic nitrogens is 3. The molecule has 1 aliphatic rings. The molecule has 0 radical (unpaired) electrons. The summed E-state index contributed by atoms with van der Waals surface area (Å²) in [5.74, 6) is 0.735. The maximum Gasteiger partial charge on any atom is 0.233 e. The fourth-order valence-corrected chi connectivity index (χ4v) is 4.68. The van der Waals surface area contributed by atoms with E-state index >= 15 is 0 Å². The molecule has 0 saturated carbocycles. The molecule has 1 atom stereocenters. The SMILES string of the molecule is Cc1csc(SCC(=O)N2CCCC[C@@H]2CCn2cccn2)n1. The fourth-order valence-electron chi connectivity index (χ4n) is 2.95. The van der Waals surface area contributed by atoms with Crippen LogP contribution in [0.4, 0.5) is 0 Å². The van der Waals surface area contributed by atoms with Gasteiger partial charge in [0, 0.05) is 42.6 Å². The first kappa shape index (κ1) is 16.5. The second kappa shape index (κ2) is 7.97. The topological polar surface area (TPSA) is 51.0 Å². The predicted octanol–water partition coefficient (Wildman–Crippen LogP) is 3.21. The second-order valence-corrected chi connectivity index (χ2v) is 7.92. The third-order valence-corrected chi connectivity index (χ3v) is 6.24. The van der Waals surface area contributed by atoms with Gasteiger partial charge in [-0.2, -0.15) is 5.10 Å². The monoisotopic (exact) mass is 350 g/mol. The summed E-state index contributed by atoms with van der Waals surface area (Å²) >= 11 is 3.18. The number of carbonyl (C=O) groups excluding carboxylic acids is 1. The molecule has 0 bridgehead atoms. The number of amides is 1. The Balaban J connectivity index is 1.53. The Morgan fingerprint density at radius 2 is 2.39 bits per heavy atom. The smallest absolute Gasteiger partial charge is 0.233 e. The minimum atomic E-state index is 0.244. The van der Waals surface area contributed by atoms with E-state index < -0.39 is 0 Å². The highest BCUT2D eigenvalue weighted by molar-refractivity contribution is 8.01. The van der Waals surface area contributed by atoms with Crippen LogP contribution in [0, 0.1) is 6.92 Å². The standard InChI is InChI=1S/C16H22N4OS2/c1-13-11-22-16(18-13)23-12-15(21)20-9-3-2-5-14(20)6-10-19-8-4-7-17-19/h4,7-8,11,14H,2-3,5-6,9-10,12H2,1H3/t14-/m1/s1. The summed E-state index contributed by atoms with van der Waals surface area (Å²) in [5, 5.41) is 6.28. The first-order valence-electron chi connectivity index (χ1n) is 8.04. The third kappa shape index (κ3) is 4.57. The first-order chi connectivity index (χ1) is 11.2. The third-order valence-electron chi connectivity index (χ3n) is 4.12. The molecule has 3 heterocycles. The summed E-state index contributed by atoms with van der Waals surface area (Å²) in [7, 11) is 0. The van der Waals surface area contributed by atoms with E-state index in [0.29, 0.717) is 11.8 Å². The van der Waals surface area contributed by atoms with Gasteiger partial charge in [0.2, 0.25) is 5.91 Å².